The van der Waals surface area contributed by atoms with Crippen LogP contribution in [0.5, 0.6) is 0 Å². The van der Waals surface area contributed by atoms with Crippen LogP contribution in [0.3, 0.4) is 0 Å². The lowest BCUT2D eigenvalue weighted by Crippen LogP contribution is -2.12. The lowest BCUT2D eigenvalue weighted by atomic mass is 10.2. The van der Waals surface area contributed by atoms with E-state index in [1.165, 1.54) is 12.1 Å². The van der Waals surface area contributed by atoms with Gasteiger partial charge in [-0.15, -0.1) is 0 Å². The van der Waals surface area contributed by atoms with E-state index >= 15 is 0 Å². The van der Waals surface area contributed by atoms with Crippen LogP contribution in [-0.4, -0.2) is 24.3 Å². The van der Waals surface area contributed by atoms with E-state index in [0.717, 1.165) is 22.6 Å². The van der Waals surface area contributed by atoms with Gasteiger partial charge in [-0.25, -0.2) is 19.0 Å². The minimum absolute atomic E-state index is 0.254. The van der Waals surface area contributed by atoms with Gasteiger partial charge in [0, 0.05) is 43.4 Å². The molecule has 0 amide bonds. The Labute approximate surface area is 150 Å². The van der Waals surface area contributed by atoms with Gasteiger partial charge in [0.15, 0.2) is 0 Å². The molecular formula is C19H17FN6. The second-order valence-electron chi connectivity index (χ2n) is 5.87. The molecule has 0 aliphatic carbocycles. The maximum Gasteiger partial charge on any atom is 0.137 e. The lowest BCUT2D eigenvalue weighted by Gasteiger charge is -2.05. The van der Waals surface area contributed by atoms with Gasteiger partial charge in [0.05, 0.1) is 11.9 Å². The molecule has 4 rings (SSSR count). The normalized spacial score (nSPS) is 11.0. The van der Waals surface area contributed by atoms with Crippen LogP contribution in [-0.2, 0) is 13.1 Å². The van der Waals surface area contributed by atoms with Gasteiger partial charge >= 0.3 is 0 Å². The monoisotopic (exact) mass is 348 g/mol. The summed E-state index contributed by atoms with van der Waals surface area (Å²) in [6.07, 6.45) is 10.9. The molecule has 0 aliphatic heterocycles. The van der Waals surface area contributed by atoms with Crippen LogP contribution in [0.4, 0.5) is 4.39 Å². The topological polar surface area (TPSA) is 60.6 Å². The fourth-order valence-electron chi connectivity index (χ4n) is 2.61. The van der Waals surface area contributed by atoms with Crippen LogP contribution >= 0.6 is 0 Å². The summed E-state index contributed by atoms with van der Waals surface area (Å²) in [6.45, 7) is 1.39. The molecule has 3 heterocycles. The van der Waals surface area contributed by atoms with Gasteiger partial charge in [-0.3, -0.25) is 4.57 Å². The number of halogens is 1. The number of benzene rings is 1. The minimum Gasteiger partial charge on any atom is -0.308 e. The van der Waals surface area contributed by atoms with Gasteiger partial charge < -0.3 is 5.32 Å². The molecule has 0 radical (unpaired) electrons. The third-order valence-corrected chi connectivity index (χ3v) is 3.96. The van der Waals surface area contributed by atoms with E-state index in [9.17, 15) is 4.39 Å². The average molecular weight is 348 g/mol. The summed E-state index contributed by atoms with van der Waals surface area (Å²) in [5.41, 5.74) is 2.98. The van der Waals surface area contributed by atoms with Gasteiger partial charge in [-0.2, -0.15) is 5.10 Å². The summed E-state index contributed by atoms with van der Waals surface area (Å²) in [7, 11) is 0. The Morgan fingerprint density at radius 2 is 1.81 bits per heavy atom. The zero-order valence-electron chi connectivity index (χ0n) is 14.0. The van der Waals surface area contributed by atoms with Crippen LogP contribution in [0.25, 0.3) is 11.5 Å². The number of hydrogen-bond acceptors (Lipinski definition) is 4. The highest BCUT2D eigenvalue weighted by atomic mass is 19.1. The standard InChI is InChI=1S/C19H17FN6/c20-17-2-4-18(5-3-17)26-13-16(12-24-26)10-22-9-15-1-6-19(23-11-15)25-8-7-21-14-25/h1-8,11-14,22H,9-10H2. The molecule has 0 fully saturated rings. The first kappa shape index (κ1) is 16.2. The SMILES string of the molecule is Fc1ccc(-n2cc(CNCc3ccc(-n4ccnc4)nc3)cn2)cc1. The molecule has 0 atom stereocenters. The van der Waals surface area contributed by atoms with Crippen molar-refractivity contribution in [1.82, 2.24) is 29.6 Å². The van der Waals surface area contributed by atoms with E-state index in [2.05, 4.69) is 20.4 Å². The summed E-state index contributed by atoms with van der Waals surface area (Å²) in [6, 6.07) is 10.3. The molecule has 0 aliphatic rings. The van der Waals surface area contributed by atoms with Gasteiger partial charge in [-0.05, 0) is 35.9 Å². The first-order valence-electron chi connectivity index (χ1n) is 8.21. The summed E-state index contributed by atoms with van der Waals surface area (Å²) in [4.78, 5) is 8.45. The lowest BCUT2D eigenvalue weighted by molar-refractivity contribution is 0.627. The number of rotatable bonds is 6. The number of nitrogens with one attached hydrogen (secondary N) is 1. The average Bonchev–Trinajstić information content (AvgIpc) is 3.35. The van der Waals surface area contributed by atoms with Crippen LogP contribution < -0.4 is 5.32 Å². The molecule has 6 nitrogen and oxygen atoms in total. The van der Waals surface area contributed by atoms with E-state index in [1.807, 2.05) is 35.3 Å². The Morgan fingerprint density at radius 3 is 2.54 bits per heavy atom. The molecule has 3 aromatic heterocycles. The molecule has 0 saturated heterocycles. The van der Waals surface area contributed by atoms with Crippen molar-refractivity contribution in [2.45, 2.75) is 13.1 Å². The van der Waals surface area contributed by atoms with Crippen molar-refractivity contribution in [2.75, 3.05) is 0 Å². The zero-order chi connectivity index (χ0) is 17.8. The summed E-state index contributed by atoms with van der Waals surface area (Å²) in [5.74, 6) is 0.585. The van der Waals surface area contributed by atoms with E-state index in [1.54, 1.807) is 35.5 Å². The van der Waals surface area contributed by atoms with Crippen LogP contribution in [0, 0.1) is 5.82 Å². The number of nitrogens with zero attached hydrogens (tertiary/aromatic N) is 5. The van der Waals surface area contributed by atoms with Crippen molar-refractivity contribution in [3.63, 3.8) is 0 Å². The van der Waals surface area contributed by atoms with Crippen molar-refractivity contribution in [1.29, 1.82) is 0 Å². The summed E-state index contributed by atoms with van der Waals surface area (Å²) >= 11 is 0. The van der Waals surface area contributed by atoms with Crippen LogP contribution in [0.1, 0.15) is 11.1 Å². The fraction of sp³-hybridized carbons (Fsp3) is 0.105. The Kier molecular flexibility index (Phi) is 4.53. The van der Waals surface area contributed by atoms with Crippen molar-refractivity contribution in [2.24, 2.45) is 0 Å². The maximum atomic E-state index is 13.0. The highest BCUT2D eigenvalue weighted by Crippen LogP contribution is 2.10. The molecule has 130 valence electrons. The highest BCUT2D eigenvalue weighted by Gasteiger charge is 2.02. The molecule has 26 heavy (non-hydrogen) atoms. The van der Waals surface area contributed by atoms with Crippen molar-refractivity contribution in [3.05, 3.63) is 90.7 Å². The van der Waals surface area contributed by atoms with Crippen molar-refractivity contribution in [3.8, 4) is 11.5 Å². The molecule has 7 heteroatoms. The van der Waals surface area contributed by atoms with E-state index in [0.29, 0.717) is 13.1 Å². The quantitative estimate of drug-likeness (QED) is 0.582. The first-order chi connectivity index (χ1) is 12.8. The van der Waals surface area contributed by atoms with Crippen molar-refractivity contribution >= 4 is 0 Å². The Bertz CT molecular complexity index is 958. The van der Waals surface area contributed by atoms with Crippen LogP contribution in [0.2, 0.25) is 0 Å². The van der Waals surface area contributed by atoms with Gasteiger partial charge in [0.1, 0.15) is 18.0 Å². The maximum absolute atomic E-state index is 13.0. The van der Waals surface area contributed by atoms with E-state index < -0.39 is 0 Å². The fourth-order valence-corrected chi connectivity index (χ4v) is 2.61. The number of aromatic nitrogens is 5. The zero-order valence-corrected chi connectivity index (χ0v) is 14.0. The summed E-state index contributed by atoms with van der Waals surface area (Å²) in [5, 5.41) is 7.69. The van der Waals surface area contributed by atoms with Gasteiger partial charge in [0.25, 0.3) is 0 Å². The predicted octanol–water partition coefficient (Wildman–Crippen LogP) is 2.88. The highest BCUT2D eigenvalue weighted by molar-refractivity contribution is 5.31. The smallest absolute Gasteiger partial charge is 0.137 e. The largest absolute Gasteiger partial charge is 0.308 e. The second-order valence-corrected chi connectivity index (χ2v) is 5.87. The molecule has 1 aromatic carbocycles. The second kappa shape index (κ2) is 7.28. The molecule has 0 bridgehead atoms. The van der Waals surface area contributed by atoms with Crippen molar-refractivity contribution < 1.29 is 4.39 Å². The van der Waals surface area contributed by atoms with E-state index in [-0.39, 0.29) is 5.82 Å². The molecule has 4 aromatic rings. The number of pyridine rings is 1. The molecule has 0 saturated carbocycles. The Morgan fingerprint density at radius 1 is 0.962 bits per heavy atom. The number of imidazole rings is 1. The summed E-state index contributed by atoms with van der Waals surface area (Å²) < 4.78 is 16.6. The molecule has 0 spiro atoms. The van der Waals surface area contributed by atoms with Crippen LogP contribution in [0.15, 0.2) is 73.7 Å². The minimum atomic E-state index is -0.254. The third-order valence-electron chi connectivity index (χ3n) is 3.96. The predicted molar refractivity (Wildman–Crippen MR) is 95.4 cm³/mol. The van der Waals surface area contributed by atoms with E-state index in [4.69, 9.17) is 0 Å². The first-order valence-corrected chi connectivity index (χ1v) is 8.21. The van der Waals surface area contributed by atoms with Gasteiger partial charge in [-0.1, -0.05) is 6.07 Å². The number of hydrogen-bond donors (Lipinski definition) is 1. The third kappa shape index (κ3) is 3.68. The Hall–Kier alpha value is -3.32. The molecule has 1 N–H and O–H groups in total. The Balaban J connectivity index is 1.33. The molecular weight excluding hydrogens is 331 g/mol. The molecule has 0 unspecified atom stereocenters. The van der Waals surface area contributed by atoms with Gasteiger partial charge in [0.2, 0.25) is 0 Å².